The first-order chi connectivity index (χ1) is 11.4. The highest BCUT2D eigenvalue weighted by molar-refractivity contribution is 6.30. The first kappa shape index (κ1) is 17.8. The molecule has 0 heterocycles. The van der Waals surface area contributed by atoms with Gasteiger partial charge >= 0.3 is 5.97 Å². The number of nitrogens with one attached hydrogen (secondary N) is 1. The first-order valence-corrected chi connectivity index (χ1v) is 7.76. The number of aryl methyl sites for hydroxylation is 1. The number of esters is 1. The van der Waals surface area contributed by atoms with Crippen LogP contribution in [-0.2, 0) is 9.53 Å². The van der Waals surface area contributed by atoms with Crippen LogP contribution < -0.4 is 5.32 Å². The number of amides is 1. The van der Waals surface area contributed by atoms with Gasteiger partial charge in [-0.05, 0) is 43.7 Å². The van der Waals surface area contributed by atoms with Crippen molar-refractivity contribution in [2.75, 3.05) is 6.61 Å². The maximum atomic E-state index is 11.9. The summed E-state index contributed by atoms with van der Waals surface area (Å²) in [5.74, 6) is -1.37. The molecular formula is C18H18ClNO4. The quantitative estimate of drug-likeness (QED) is 0.813. The minimum Gasteiger partial charge on any atom is -0.507 e. The molecule has 0 aliphatic rings. The van der Waals surface area contributed by atoms with Crippen molar-refractivity contribution in [3.05, 3.63) is 64.2 Å². The zero-order chi connectivity index (χ0) is 17.7. The van der Waals surface area contributed by atoms with E-state index in [1.54, 1.807) is 38.1 Å². The molecule has 0 radical (unpaired) electrons. The van der Waals surface area contributed by atoms with Gasteiger partial charge in [0.15, 0.2) is 6.61 Å². The van der Waals surface area contributed by atoms with Gasteiger partial charge in [0.1, 0.15) is 11.3 Å². The SMILES string of the molecule is Cc1ccc(O)c(C(=O)OCC(=O)N[C@@H](C)c2cccc(Cl)c2)c1. The summed E-state index contributed by atoms with van der Waals surface area (Å²) in [6, 6.07) is 11.4. The number of ether oxygens (including phenoxy) is 1. The Morgan fingerprint density at radius 1 is 1.25 bits per heavy atom. The van der Waals surface area contributed by atoms with Crippen LogP contribution >= 0.6 is 11.6 Å². The van der Waals surface area contributed by atoms with Gasteiger partial charge in [-0.2, -0.15) is 0 Å². The molecule has 126 valence electrons. The molecule has 2 aromatic rings. The summed E-state index contributed by atoms with van der Waals surface area (Å²) in [6.45, 7) is 3.16. The predicted octanol–water partition coefficient (Wildman–Crippen LogP) is 3.39. The summed E-state index contributed by atoms with van der Waals surface area (Å²) < 4.78 is 4.95. The van der Waals surface area contributed by atoms with Crippen LogP contribution in [0.2, 0.25) is 5.02 Å². The average Bonchev–Trinajstić information content (AvgIpc) is 2.54. The lowest BCUT2D eigenvalue weighted by atomic mass is 10.1. The summed E-state index contributed by atoms with van der Waals surface area (Å²) in [7, 11) is 0. The highest BCUT2D eigenvalue weighted by Crippen LogP contribution is 2.19. The van der Waals surface area contributed by atoms with Crippen molar-refractivity contribution < 1.29 is 19.4 Å². The number of aromatic hydroxyl groups is 1. The van der Waals surface area contributed by atoms with Gasteiger partial charge < -0.3 is 15.2 Å². The molecule has 1 amide bonds. The van der Waals surface area contributed by atoms with Crippen LogP contribution in [0.5, 0.6) is 5.75 Å². The molecule has 2 aromatic carbocycles. The number of carbonyl (C=O) groups excluding carboxylic acids is 2. The van der Waals surface area contributed by atoms with Gasteiger partial charge in [-0.25, -0.2) is 4.79 Å². The molecule has 0 unspecified atom stereocenters. The van der Waals surface area contributed by atoms with E-state index in [-0.39, 0.29) is 17.4 Å². The van der Waals surface area contributed by atoms with E-state index in [4.69, 9.17) is 16.3 Å². The van der Waals surface area contributed by atoms with Crippen LogP contribution in [0.3, 0.4) is 0 Å². The second-order valence-corrected chi connectivity index (χ2v) is 5.88. The number of phenols is 1. The van der Waals surface area contributed by atoms with Crippen molar-refractivity contribution >= 4 is 23.5 Å². The zero-order valence-electron chi connectivity index (χ0n) is 13.4. The molecule has 1 atom stereocenters. The van der Waals surface area contributed by atoms with Crippen molar-refractivity contribution in [3.8, 4) is 5.75 Å². The molecule has 0 aliphatic carbocycles. The minimum absolute atomic E-state index is 0.0330. The molecule has 0 saturated carbocycles. The maximum Gasteiger partial charge on any atom is 0.342 e. The van der Waals surface area contributed by atoms with Crippen LogP contribution in [0.15, 0.2) is 42.5 Å². The highest BCUT2D eigenvalue weighted by atomic mass is 35.5. The number of rotatable bonds is 5. The van der Waals surface area contributed by atoms with Crippen LogP contribution in [0.25, 0.3) is 0 Å². The topological polar surface area (TPSA) is 75.6 Å². The van der Waals surface area contributed by atoms with E-state index >= 15 is 0 Å². The third-order valence-corrected chi connectivity index (χ3v) is 3.67. The van der Waals surface area contributed by atoms with E-state index in [1.165, 1.54) is 12.1 Å². The Kier molecular flexibility index (Phi) is 5.82. The van der Waals surface area contributed by atoms with Crippen molar-refractivity contribution in [3.63, 3.8) is 0 Å². The molecule has 0 bridgehead atoms. The molecule has 24 heavy (non-hydrogen) atoms. The number of hydrogen-bond acceptors (Lipinski definition) is 4. The fourth-order valence-corrected chi connectivity index (χ4v) is 2.36. The predicted molar refractivity (Wildman–Crippen MR) is 91.1 cm³/mol. The van der Waals surface area contributed by atoms with E-state index in [0.717, 1.165) is 11.1 Å². The van der Waals surface area contributed by atoms with Gasteiger partial charge in [0.2, 0.25) is 0 Å². The van der Waals surface area contributed by atoms with E-state index in [9.17, 15) is 14.7 Å². The number of halogens is 1. The van der Waals surface area contributed by atoms with Crippen molar-refractivity contribution in [1.82, 2.24) is 5.32 Å². The molecule has 5 nitrogen and oxygen atoms in total. The van der Waals surface area contributed by atoms with Gasteiger partial charge in [0.25, 0.3) is 5.91 Å². The Hall–Kier alpha value is -2.53. The molecule has 0 aliphatic heterocycles. The molecular weight excluding hydrogens is 330 g/mol. The summed E-state index contributed by atoms with van der Waals surface area (Å²) in [4.78, 5) is 23.9. The first-order valence-electron chi connectivity index (χ1n) is 7.38. The Bertz CT molecular complexity index is 760. The maximum absolute atomic E-state index is 11.9. The number of benzene rings is 2. The van der Waals surface area contributed by atoms with Crippen molar-refractivity contribution in [1.29, 1.82) is 0 Å². The summed E-state index contributed by atoms with van der Waals surface area (Å²) in [5, 5.41) is 13.0. The largest absolute Gasteiger partial charge is 0.507 e. The van der Waals surface area contributed by atoms with Crippen molar-refractivity contribution in [2.45, 2.75) is 19.9 Å². The normalized spacial score (nSPS) is 11.6. The number of carbonyl (C=O) groups is 2. The molecule has 2 N–H and O–H groups in total. The van der Waals surface area contributed by atoms with E-state index in [2.05, 4.69) is 5.32 Å². The highest BCUT2D eigenvalue weighted by Gasteiger charge is 2.16. The summed E-state index contributed by atoms with van der Waals surface area (Å²) in [5.41, 5.74) is 1.68. The van der Waals surface area contributed by atoms with E-state index < -0.39 is 18.5 Å². The van der Waals surface area contributed by atoms with Crippen LogP contribution in [0.1, 0.15) is 34.5 Å². The monoisotopic (exact) mass is 347 g/mol. The number of hydrogen-bond donors (Lipinski definition) is 2. The lowest BCUT2D eigenvalue weighted by Crippen LogP contribution is -2.31. The van der Waals surface area contributed by atoms with Crippen molar-refractivity contribution in [2.24, 2.45) is 0 Å². The Balaban J connectivity index is 1.91. The second-order valence-electron chi connectivity index (χ2n) is 5.44. The third-order valence-electron chi connectivity index (χ3n) is 3.43. The van der Waals surface area contributed by atoms with Gasteiger partial charge in [0.05, 0.1) is 6.04 Å². The zero-order valence-corrected chi connectivity index (χ0v) is 14.1. The van der Waals surface area contributed by atoms with E-state index in [1.807, 2.05) is 6.07 Å². The van der Waals surface area contributed by atoms with E-state index in [0.29, 0.717) is 5.02 Å². The smallest absolute Gasteiger partial charge is 0.342 e. The lowest BCUT2D eigenvalue weighted by molar-refractivity contribution is -0.124. The van der Waals surface area contributed by atoms with Gasteiger partial charge in [-0.15, -0.1) is 0 Å². The van der Waals surface area contributed by atoms with Crippen LogP contribution in [0.4, 0.5) is 0 Å². The Morgan fingerprint density at radius 2 is 2.00 bits per heavy atom. The van der Waals surface area contributed by atoms with Gasteiger partial charge in [0, 0.05) is 5.02 Å². The minimum atomic E-state index is -0.748. The molecule has 0 spiro atoms. The summed E-state index contributed by atoms with van der Waals surface area (Å²) in [6.07, 6.45) is 0. The fraction of sp³-hybridized carbons (Fsp3) is 0.222. The molecule has 0 aromatic heterocycles. The molecule has 6 heteroatoms. The summed E-state index contributed by atoms with van der Waals surface area (Å²) >= 11 is 5.92. The standard InChI is InChI=1S/C18H18ClNO4/c1-11-6-7-16(21)15(8-11)18(23)24-10-17(22)20-12(2)13-4-3-5-14(19)9-13/h3-9,12,21H,10H2,1-2H3,(H,20,22)/t12-/m0/s1. The third kappa shape index (κ3) is 4.73. The molecule has 0 saturated heterocycles. The molecule has 2 rings (SSSR count). The molecule has 0 fully saturated rings. The Morgan fingerprint density at radius 3 is 2.71 bits per heavy atom. The van der Waals surface area contributed by atoms with Crippen LogP contribution in [0, 0.1) is 6.92 Å². The lowest BCUT2D eigenvalue weighted by Gasteiger charge is -2.15. The average molecular weight is 348 g/mol. The second kappa shape index (κ2) is 7.84. The van der Waals surface area contributed by atoms with Gasteiger partial charge in [-0.1, -0.05) is 35.4 Å². The van der Waals surface area contributed by atoms with Crippen LogP contribution in [-0.4, -0.2) is 23.6 Å². The fourth-order valence-electron chi connectivity index (χ4n) is 2.16. The van der Waals surface area contributed by atoms with Gasteiger partial charge in [-0.3, -0.25) is 4.79 Å². The Labute approximate surface area is 145 Å². The number of phenolic OH excluding ortho intramolecular Hbond substituents is 1.